The first-order valence-electron chi connectivity index (χ1n) is 12.3. The Hall–Kier alpha value is -4.47. The van der Waals surface area contributed by atoms with Gasteiger partial charge >= 0.3 is 0 Å². The van der Waals surface area contributed by atoms with Crippen LogP contribution in [0.4, 0.5) is 0 Å². The summed E-state index contributed by atoms with van der Waals surface area (Å²) in [4.78, 5) is 2.22. The topological polar surface area (TPSA) is 22.4 Å². The van der Waals surface area contributed by atoms with Crippen LogP contribution in [0, 0.1) is 0 Å². The Balaban J connectivity index is 1.22. The molecule has 1 aliphatic heterocycles. The molecule has 2 heterocycles. The van der Waals surface area contributed by atoms with Gasteiger partial charge in [0.15, 0.2) is 0 Å². The first-order valence-corrected chi connectivity index (χ1v) is 13.2. The maximum atomic E-state index is 6.41. The van der Waals surface area contributed by atoms with Crippen LogP contribution in [0.3, 0.4) is 0 Å². The van der Waals surface area contributed by atoms with Gasteiger partial charge in [-0.3, -0.25) is 0 Å². The molecule has 0 saturated heterocycles. The third-order valence-electron chi connectivity index (χ3n) is 7.15. The van der Waals surface area contributed by atoms with Gasteiger partial charge in [0, 0.05) is 11.1 Å². The molecule has 3 heteroatoms. The van der Waals surface area contributed by atoms with E-state index in [-0.39, 0.29) is 0 Å². The Morgan fingerprint density at radius 2 is 0.946 bits per heavy atom. The zero-order valence-electron chi connectivity index (χ0n) is 19.8. The van der Waals surface area contributed by atoms with Crippen molar-refractivity contribution in [2.24, 2.45) is 0 Å². The molecule has 0 amide bonds. The first-order chi connectivity index (χ1) is 18.3. The summed E-state index contributed by atoms with van der Waals surface area (Å²) in [5.41, 5.74) is 2.11. The summed E-state index contributed by atoms with van der Waals surface area (Å²) in [5.74, 6) is 3.50. The molecule has 6 aromatic carbocycles. The Morgan fingerprint density at radius 1 is 0.405 bits per heavy atom. The maximum Gasteiger partial charge on any atom is 0.141 e. The Morgan fingerprint density at radius 3 is 1.68 bits per heavy atom. The predicted molar refractivity (Wildman–Crippen MR) is 153 cm³/mol. The van der Waals surface area contributed by atoms with Crippen molar-refractivity contribution in [1.29, 1.82) is 0 Å². The zero-order valence-corrected chi connectivity index (χ0v) is 20.6. The highest BCUT2D eigenvalue weighted by Gasteiger charge is 2.19. The Bertz CT molecular complexity index is 1960. The molecule has 0 unspecified atom stereocenters. The largest absolute Gasteiger partial charge is 0.456 e. The molecule has 0 aliphatic carbocycles. The van der Waals surface area contributed by atoms with Gasteiger partial charge < -0.3 is 9.15 Å². The smallest absolute Gasteiger partial charge is 0.141 e. The fourth-order valence-corrected chi connectivity index (χ4v) is 6.38. The van der Waals surface area contributed by atoms with Crippen LogP contribution in [0.2, 0.25) is 0 Å². The second-order valence-corrected chi connectivity index (χ2v) is 10.4. The van der Waals surface area contributed by atoms with Crippen LogP contribution in [0.1, 0.15) is 0 Å². The van der Waals surface area contributed by atoms with Crippen molar-refractivity contribution < 1.29 is 9.15 Å². The van der Waals surface area contributed by atoms with Crippen LogP contribution in [0.15, 0.2) is 136 Å². The number of fused-ring (bicyclic) bond motifs is 8. The lowest BCUT2D eigenvalue weighted by atomic mass is 9.93. The van der Waals surface area contributed by atoms with Crippen LogP contribution >= 0.6 is 11.8 Å². The van der Waals surface area contributed by atoms with E-state index in [2.05, 4.69) is 97.1 Å². The van der Waals surface area contributed by atoms with E-state index in [4.69, 9.17) is 9.15 Å². The molecule has 0 N–H and O–H groups in total. The molecule has 0 radical (unpaired) electrons. The van der Waals surface area contributed by atoms with Crippen molar-refractivity contribution in [2.45, 2.75) is 9.79 Å². The van der Waals surface area contributed by atoms with Crippen molar-refractivity contribution in [2.75, 3.05) is 0 Å². The summed E-state index contributed by atoms with van der Waals surface area (Å²) in [6.45, 7) is 0. The third kappa shape index (κ3) is 3.28. The second-order valence-electron chi connectivity index (χ2n) is 9.33. The van der Waals surface area contributed by atoms with Gasteiger partial charge in [-0.25, -0.2) is 0 Å². The minimum absolute atomic E-state index is 0.848. The van der Waals surface area contributed by atoms with E-state index in [1.54, 1.807) is 11.8 Å². The molecule has 1 aliphatic rings. The summed E-state index contributed by atoms with van der Waals surface area (Å²) < 4.78 is 12.5. The van der Waals surface area contributed by atoms with Gasteiger partial charge in [-0.2, -0.15) is 0 Å². The molecule has 8 rings (SSSR count). The van der Waals surface area contributed by atoms with E-state index in [9.17, 15) is 0 Å². The van der Waals surface area contributed by atoms with E-state index in [1.165, 1.54) is 32.3 Å². The minimum atomic E-state index is 0.848. The lowest BCUT2D eigenvalue weighted by Crippen LogP contribution is -1.94. The number of para-hydroxylation sites is 1. The summed E-state index contributed by atoms with van der Waals surface area (Å²) in [6, 6.07) is 42.5. The standard InChI is InChI=1S/C34H20O2S/c1-2-9-25-23(7-1)24-8-3-4-10-26(24)28-19-21(13-15-27(25)28)29-17-18-30(35-29)22-14-16-32-34(20-22)37-33-12-6-5-11-31(33)36-32/h1-20H. The number of furan rings is 1. The summed E-state index contributed by atoms with van der Waals surface area (Å²) in [7, 11) is 0. The van der Waals surface area contributed by atoms with E-state index in [1.807, 2.05) is 24.3 Å². The van der Waals surface area contributed by atoms with Crippen LogP contribution in [0.25, 0.3) is 55.0 Å². The summed E-state index contributed by atoms with van der Waals surface area (Å²) in [6.07, 6.45) is 0. The molecule has 37 heavy (non-hydrogen) atoms. The maximum absolute atomic E-state index is 6.41. The third-order valence-corrected chi connectivity index (χ3v) is 8.25. The highest BCUT2D eigenvalue weighted by molar-refractivity contribution is 7.99. The van der Waals surface area contributed by atoms with Crippen molar-refractivity contribution in [3.8, 4) is 34.1 Å². The van der Waals surface area contributed by atoms with E-state index in [0.717, 1.165) is 43.9 Å². The van der Waals surface area contributed by atoms with Gasteiger partial charge in [0.1, 0.15) is 23.0 Å². The van der Waals surface area contributed by atoms with Crippen LogP contribution in [-0.2, 0) is 0 Å². The highest BCUT2D eigenvalue weighted by atomic mass is 32.2. The van der Waals surface area contributed by atoms with Crippen LogP contribution < -0.4 is 4.74 Å². The van der Waals surface area contributed by atoms with E-state index in [0.29, 0.717) is 0 Å². The zero-order chi connectivity index (χ0) is 24.3. The van der Waals surface area contributed by atoms with Crippen molar-refractivity contribution in [3.63, 3.8) is 0 Å². The van der Waals surface area contributed by atoms with Crippen molar-refractivity contribution >= 4 is 44.1 Å². The monoisotopic (exact) mass is 492 g/mol. The summed E-state index contributed by atoms with van der Waals surface area (Å²) in [5, 5.41) is 7.60. The number of hydrogen-bond donors (Lipinski definition) is 0. The normalized spacial score (nSPS) is 12.4. The predicted octanol–water partition coefficient (Wildman–Crippen LogP) is 10.3. The molecule has 0 bridgehead atoms. The van der Waals surface area contributed by atoms with Gasteiger partial charge in [-0.15, -0.1) is 0 Å². The van der Waals surface area contributed by atoms with Crippen molar-refractivity contribution in [1.82, 2.24) is 0 Å². The molecule has 0 atom stereocenters. The summed E-state index contributed by atoms with van der Waals surface area (Å²) >= 11 is 1.73. The molecular formula is C34H20O2S. The fraction of sp³-hybridized carbons (Fsp3) is 0. The van der Waals surface area contributed by atoms with Gasteiger partial charge in [-0.1, -0.05) is 84.6 Å². The van der Waals surface area contributed by atoms with E-state index < -0.39 is 0 Å². The number of hydrogen-bond acceptors (Lipinski definition) is 3. The highest BCUT2D eigenvalue weighted by Crippen LogP contribution is 2.48. The molecule has 2 nitrogen and oxygen atoms in total. The molecule has 174 valence electrons. The average Bonchev–Trinajstić information content (AvgIpc) is 3.46. The Labute approximate surface area is 218 Å². The number of ether oxygens (including phenoxy) is 1. The van der Waals surface area contributed by atoms with Gasteiger partial charge in [-0.05, 0) is 80.8 Å². The van der Waals surface area contributed by atoms with E-state index >= 15 is 0 Å². The van der Waals surface area contributed by atoms with Gasteiger partial charge in [0.05, 0.1) is 9.79 Å². The van der Waals surface area contributed by atoms with Gasteiger partial charge in [0.25, 0.3) is 0 Å². The molecule has 7 aromatic rings. The van der Waals surface area contributed by atoms with Gasteiger partial charge in [0.2, 0.25) is 0 Å². The minimum Gasteiger partial charge on any atom is -0.456 e. The number of benzene rings is 6. The Kier molecular flexibility index (Phi) is 4.49. The fourth-order valence-electron chi connectivity index (χ4n) is 5.39. The van der Waals surface area contributed by atoms with Crippen LogP contribution in [0.5, 0.6) is 11.5 Å². The number of rotatable bonds is 2. The lowest BCUT2D eigenvalue weighted by Gasteiger charge is -2.19. The molecule has 0 saturated carbocycles. The average molecular weight is 493 g/mol. The quantitative estimate of drug-likeness (QED) is 0.224. The molecule has 1 aromatic heterocycles. The first kappa shape index (κ1) is 20.7. The van der Waals surface area contributed by atoms with Crippen molar-refractivity contribution in [3.05, 3.63) is 121 Å². The molecule has 0 fully saturated rings. The second kappa shape index (κ2) is 8.02. The molecular weight excluding hydrogens is 472 g/mol. The van der Waals surface area contributed by atoms with Crippen LogP contribution in [-0.4, -0.2) is 0 Å². The SMILES string of the molecule is c1ccc2c(c1)Oc1ccc(-c3ccc(-c4ccc5c6ccccc6c6ccccc6c5c4)o3)cc1S2. The molecule has 0 spiro atoms. The lowest BCUT2D eigenvalue weighted by molar-refractivity contribution is 0.454.